The number of halogens is 3. The molecule has 106 valence electrons. The summed E-state index contributed by atoms with van der Waals surface area (Å²) in [5, 5.41) is 2.73. The first-order valence-corrected chi connectivity index (χ1v) is 6.34. The van der Waals surface area contributed by atoms with Crippen molar-refractivity contribution in [3.05, 3.63) is 29.8 Å². The maximum absolute atomic E-state index is 12.9. The number of hydrogen-bond donors (Lipinski definition) is 1. The van der Waals surface area contributed by atoms with Gasteiger partial charge in [0.05, 0.1) is 7.11 Å². The van der Waals surface area contributed by atoms with Crippen LogP contribution in [-0.4, -0.2) is 24.9 Å². The van der Waals surface area contributed by atoms with Crippen molar-refractivity contribution in [2.45, 2.75) is 43.9 Å². The zero-order valence-corrected chi connectivity index (χ0v) is 11.1. The molecule has 1 aliphatic carbocycles. The molecular formula is C14H18F3NO. The van der Waals surface area contributed by atoms with E-state index in [1.807, 2.05) is 24.3 Å². The van der Waals surface area contributed by atoms with E-state index in [0.717, 1.165) is 5.56 Å². The van der Waals surface area contributed by atoms with Gasteiger partial charge in [-0.1, -0.05) is 18.2 Å². The van der Waals surface area contributed by atoms with Gasteiger partial charge in [-0.05, 0) is 37.8 Å². The normalized spacial score (nSPS) is 19.0. The van der Waals surface area contributed by atoms with E-state index in [4.69, 9.17) is 4.74 Å². The van der Waals surface area contributed by atoms with Crippen molar-refractivity contribution in [3.63, 3.8) is 0 Å². The quantitative estimate of drug-likeness (QED) is 0.888. The smallest absolute Gasteiger partial charge is 0.406 e. The highest BCUT2D eigenvalue weighted by atomic mass is 19.4. The first-order chi connectivity index (χ1) is 8.88. The molecule has 0 saturated heterocycles. The van der Waals surface area contributed by atoms with E-state index in [2.05, 4.69) is 5.32 Å². The lowest BCUT2D eigenvalue weighted by Crippen LogP contribution is -2.49. The predicted molar refractivity (Wildman–Crippen MR) is 67.3 cm³/mol. The lowest BCUT2D eigenvalue weighted by atomic mass is 10.0. The molecule has 0 spiro atoms. The van der Waals surface area contributed by atoms with E-state index in [1.54, 1.807) is 14.0 Å². The molecule has 2 rings (SSSR count). The first kappa shape index (κ1) is 14.2. The number of hydrogen-bond acceptors (Lipinski definition) is 2. The molecule has 1 aromatic rings. The van der Waals surface area contributed by atoms with Crippen LogP contribution in [0.5, 0.6) is 5.75 Å². The van der Waals surface area contributed by atoms with Crippen LogP contribution in [0.15, 0.2) is 24.3 Å². The summed E-state index contributed by atoms with van der Waals surface area (Å²) in [6.07, 6.45) is -3.30. The molecule has 0 radical (unpaired) electrons. The van der Waals surface area contributed by atoms with Crippen molar-refractivity contribution < 1.29 is 17.9 Å². The number of para-hydroxylation sites is 1. The monoisotopic (exact) mass is 273 g/mol. The average molecular weight is 273 g/mol. The highest BCUT2D eigenvalue weighted by Gasteiger charge is 2.63. The fourth-order valence-corrected chi connectivity index (χ4v) is 2.36. The Balaban J connectivity index is 2.00. The Bertz CT molecular complexity index is 441. The summed E-state index contributed by atoms with van der Waals surface area (Å²) < 4.78 is 43.8. The topological polar surface area (TPSA) is 21.3 Å². The summed E-state index contributed by atoms with van der Waals surface area (Å²) >= 11 is 0. The Morgan fingerprint density at radius 2 is 1.95 bits per heavy atom. The number of methoxy groups -OCH3 is 1. The van der Waals surface area contributed by atoms with Gasteiger partial charge >= 0.3 is 6.18 Å². The molecular weight excluding hydrogens is 255 g/mol. The summed E-state index contributed by atoms with van der Waals surface area (Å²) in [5.74, 6) is 0.716. The van der Waals surface area contributed by atoms with Gasteiger partial charge in [-0.2, -0.15) is 13.2 Å². The minimum atomic E-state index is -4.16. The SMILES string of the molecule is COc1ccccc1CC(C)NC1(C(F)(F)F)CC1. The maximum atomic E-state index is 12.9. The molecule has 2 nitrogen and oxygen atoms in total. The van der Waals surface area contributed by atoms with E-state index in [-0.39, 0.29) is 18.9 Å². The summed E-state index contributed by atoms with van der Waals surface area (Å²) in [7, 11) is 1.56. The van der Waals surface area contributed by atoms with Gasteiger partial charge in [0.2, 0.25) is 0 Å². The lowest BCUT2D eigenvalue weighted by molar-refractivity contribution is -0.167. The standard InChI is InChI=1S/C14H18F3NO/c1-10(18-13(7-8-13)14(15,16)17)9-11-5-3-4-6-12(11)19-2/h3-6,10,18H,7-9H2,1-2H3. The highest BCUT2D eigenvalue weighted by molar-refractivity contribution is 5.33. The molecule has 0 aromatic heterocycles. The number of rotatable bonds is 5. The molecule has 1 aromatic carbocycles. The molecule has 1 saturated carbocycles. The van der Waals surface area contributed by atoms with Crippen molar-refractivity contribution in [2.75, 3.05) is 7.11 Å². The zero-order valence-electron chi connectivity index (χ0n) is 11.1. The number of nitrogens with one attached hydrogen (secondary N) is 1. The second kappa shape index (κ2) is 5.04. The average Bonchev–Trinajstić information content (AvgIpc) is 3.10. The molecule has 0 bridgehead atoms. The van der Waals surface area contributed by atoms with Crippen LogP contribution in [-0.2, 0) is 6.42 Å². The van der Waals surface area contributed by atoms with Gasteiger partial charge in [0.15, 0.2) is 0 Å². The molecule has 1 atom stereocenters. The third-order valence-corrected chi connectivity index (χ3v) is 3.53. The van der Waals surface area contributed by atoms with Crippen LogP contribution in [0.3, 0.4) is 0 Å². The molecule has 1 N–H and O–H groups in total. The first-order valence-electron chi connectivity index (χ1n) is 6.34. The highest BCUT2D eigenvalue weighted by Crippen LogP contribution is 2.49. The Hall–Kier alpha value is -1.23. The van der Waals surface area contributed by atoms with Crippen LogP contribution in [0.25, 0.3) is 0 Å². The zero-order chi connectivity index (χ0) is 14.1. The molecule has 1 aliphatic rings. The van der Waals surface area contributed by atoms with E-state index in [0.29, 0.717) is 12.2 Å². The fourth-order valence-electron chi connectivity index (χ4n) is 2.36. The van der Waals surface area contributed by atoms with Gasteiger partial charge in [-0.15, -0.1) is 0 Å². The summed E-state index contributed by atoms with van der Waals surface area (Å²) in [4.78, 5) is 0. The van der Waals surface area contributed by atoms with Crippen LogP contribution >= 0.6 is 0 Å². The Kier molecular flexibility index (Phi) is 3.76. The summed E-state index contributed by atoms with van der Waals surface area (Å²) in [5.41, 5.74) is -0.739. The van der Waals surface area contributed by atoms with Gasteiger partial charge in [-0.3, -0.25) is 0 Å². The Morgan fingerprint density at radius 3 is 2.47 bits per heavy atom. The van der Waals surface area contributed by atoms with Gasteiger partial charge < -0.3 is 10.1 Å². The van der Waals surface area contributed by atoms with Crippen molar-refractivity contribution in [1.29, 1.82) is 0 Å². The van der Waals surface area contributed by atoms with Crippen LogP contribution in [0.4, 0.5) is 13.2 Å². The maximum Gasteiger partial charge on any atom is 0.406 e. The van der Waals surface area contributed by atoms with E-state index < -0.39 is 11.7 Å². The molecule has 5 heteroatoms. The van der Waals surface area contributed by atoms with Crippen molar-refractivity contribution in [2.24, 2.45) is 0 Å². The number of ether oxygens (including phenoxy) is 1. The van der Waals surface area contributed by atoms with E-state index in [9.17, 15) is 13.2 Å². The predicted octanol–water partition coefficient (Wildman–Crippen LogP) is 3.31. The van der Waals surface area contributed by atoms with Crippen LogP contribution in [0, 0.1) is 0 Å². The van der Waals surface area contributed by atoms with Gasteiger partial charge in [0.1, 0.15) is 11.3 Å². The summed E-state index contributed by atoms with van der Waals surface area (Å²) in [6.45, 7) is 1.78. The number of benzene rings is 1. The molecule has 0 heterocycles. The summed E-state index contributed by atoms with van der Waals surface area (Å²) in [6, 6.07) is 7.16. The Labute approximate surface area is 111 Å². The van der Waals surface area contributed by atoms with E-state index >= 15 is 0 Å². The van der Waals surface area contributed by atoms with Gasteiger partial charge in [0.25, 0.3) is 0 Å². The van der Waals surface area contributed by atoms with Crippen LogP contribution in [0.2, 0.25) is 0 Å². The largest absolute Gasteiger partial charge is 0.496 e. The third-order valence-electron chi connectivity index (χ3n) is 3.53. The second-order valence-electron chi connectivity index (χ2n) is 5.14. The minimum absolute atomic E-state index is 0.173. The molecule has 0 amide bonds. The third kappa shape index (κ3) is 3.03. The molecule has 0 aliphatic heterocycles. The van der Waals surface area contributed by atoms with Crippen molar-refractivity contribution in [3.8, 4) is 5.75 Å². The Morgan fingerprint density at radius 1 is 1.32 bits per heavy atom. The van der Waals surface area contributed by atoms with Crippen LogP contribution in [0.1, 0.15) is 25.3 Å². The van der Waals surface area contributed by atoms with Crippen molar-refractivity contribution in [1.82, 2.24) is 5.32 Å². The lowest BCUT2D eigenvalue weighted by Gasteiger charge is -2.25. The van der Waals surface area contributed by atoms with Crippen LogP contribution < -0.4 is 10.1 Å². The molecule has 1 unspecified atom stereocenters. The van der Waals surface area contributed by atoms with Gasteiger partial charge in [0, 0.05) is 6.04 Å². The van der Waals surface area contributed by atoms with E-state index in [1.165, 1.54) is 0 Å². The second-order valence-corrected chi connectivity index (χ2v) is 5.14. The van der Waals surface area contributed by atoms with Crippen molar-refractivity contribution >= 4 is 0 Å². The minimum Gasteiger partial charge on any atom is -0.496 e. The van der Waals surface area contributed by atoms with Gasteiger partial charge in [-0.25, -0.2) is 0 Å². The molecule has 1 fully saturated rings. The molecule has 19 heavy (non-hydrogen) atoms. The number of alkyl halides is 3. The fraction of sp³-hybridized carbons (Fsp3) is 0.571.